The van der Waals surface area contributed by atoms with Gasteiger partial charge in [-0.05, 0) is 44.2 Å². The van der Waals surface area contributed by atoms with Crippen LogP contribution in [0, 0.1) is 6.92 Å². The van der Waals surface area contributed by atoms with Crippen molar-refractivity contribution >= 4 is 29.9 Å². The third-order valence-corrected chi connectivity index (χ3v) is 4.12. The number of carbonyl (C=O) groups excluding carboxylic acids is 1. The van der Waals surface area contributed by atoms with Crippen molar-refractivity contribution in [1.82, 2.24) is 20.4 Å². The van der Waals surface area contributed by atoms with E-state index < -0.39 is 0 Å². The molecule has 1 aromatic carbocycles. The van der Waals surface area contributed by atoms with Crippen LogP contribution >= 0.6 is 24.0 Å². The molecule has 3 rings (SSSR count). The molecule has 0 saturated carbocycles. The number of hydrogen-bond donors (Lipinski definition) is 2. The van der Waals surface area contributed by atoms with Crippen molar-refractivity contribution in [2.24, 2.45) is 0 Å². The highest BCUT2D eigenvalue weighted by Gasteiger charge is 2.14. The Bertz CT molecular complexity index is 738. The second-order valence-electron chi connectivity index (χ2n) is 5.55. The molecule has 0 radical (unpaired) electrons. The first-order chi connectivity index (χ1) is 11.1. The van der Waals surface area contributed by atoms with Gasteiger partial charge in [0.1, 0.15) is 0 Å². The lowest BCUT2D eigenvalue weighted by atomic mass is 10.1. The third-order valence-electron chi connectivity index (χ3n) is 3.87. The molecule has 1 aliphatic heterocycles. The molecule has 5 nitrogen and oxygen atoms in total. The molecule has 0 atom stereocenters. The third kappa shape index (κ3) is 4.38. The number of carbonyl (C=O) groups is 1. The lowest BCUT2D eigenvalue weighted by Crippen LogP contribution is -2.29. The summed E-state index contributed by atoms with van der Waals surface area (Å²) in [5.41, 5.74) is 3.43. The Balaban J connectivity index is 0.00000208. The minimum Gasteiger partial charge on any atom is -0.348 e. The summed E-state index contributed by atoms with van der Waals surface area (Å²) in [6.07, 6.45) is 4.86. The minimum atomic E-state index is -0.0952. The summed E-state index contributed by atoms with van der Waals surface area (Å²) in [6, 6.07) is 7.35. The Labute approximate surface area is 152 Å². The van der Waals surface area contributed by atoms with Gasteiger partial charge in [0.05, 0.1) is 16.9 Å². The lowest BCUT2D eigenvalue weighted by Gasteiger charge is -2.14. The van der Waals surface area contributed by atoms with E-state index in [0.717, 1.165) is 25.2 Å². The smallest absolute Gasteiger partial charge is 0.255 e. The summed E-state index contributed by atoms with van der Waals surface area (Å²) in [4.78, 5) is 12.4. The van der Waals surface area contributed by atoms with Crippen molar-refractivity contribution in [2.45, 2.75) is 13.3 Å². The van der Waals surface area contributed by atoms with Crippen LogP contribution in [0.1, 0.15) is 22.5 Å². The zero-order chi connectivity index (χ0) is 16.2. The molecular weight excluding hydrogens is 347 g/mol. The fourth-order valence-electron chi connectivity index (χ4n) is 2.53. The summed E-state index contributed by atoms with van der Waals surface area (Å²) in [6.45, 7) is 4.27. The highest BCUT2D eigenvalue weighted by atomic mass is 35.5. The first-order valence-electron chi connectivity index (χ1n) is 7.62. The summed E-state index contributed by atoms with van der Waals surface area (Å²) in [5.74, 6) is -0.0952. The van der Waals surface area contributed by atoms with Gasteiger partial charge in [0, 0.05) is 24.3 Å². The van der Waals surface area contributed by atoms with Gasteiger partial charge < -0.3 is 10.6 Å². The molecule has 2 heterocycles. The second kappa shape index (κ2) is 8.33. The summed E-state index contributed by atoms with van der Waals surface area (Å²) in [5, 5.41) is 11.3. The molecule has 1 amide bonds. The Morgan fingerprint density at radius 1 is 1.38 bits per heavy atom. The van der Waals surface area contributed by atoms with E-state index in [1.54, 1.807) is 23.0 Å². The summed E-state index contributed by atoms with van der Waals surface area (Å²) in [7, 11) is 0. The van der Waals surface area contributed by atoms with Gasteiger partial charge in [0.15, 0.2) is 0 Å². The van der Waals surface area contributed by atoms with E-state index in [4.69, 9.17) is 11.6 Å². The average molecular weight is 367 g/mol. The first kappa shape index (κ1) is 18.5. The number of nitrogens with zero attached hydrogens (tertiary/aromatic N) is 2. The van der Waals surface area contributed by atoms with Crippen molar-refractivity contribution in [2.75, 3.05) is 19.6 Å². The molecule has 2 N–H and O–H groups in total. The van der Waals surface area contributed by atoms with Gasteiger partial charge in [-0.2, -0.15) is 5.10 Å². The fraction of sp³-hybridized carbons (Fsp3) is 0.294. The number of aryl methyl sites for hydroxylation is 1. The molecule has 7 heteroatoms. The van der Waals surface area contributed by atoms with Crippen LogP contribution in [0.25, 0.3) is 5.69 Å². The molecule has 0 unspecified atom stereocenters. The van der Waals surface area contributed by atoms with Crippen molar-refractivity contribution in [1.29, 1.82) is 0 Å². The maximum absolute atomic E-state index is 12.4. The Hall–Kier alpha value is -1.82. The number of benzene rings is 1. The van der Waals surface area contributed by atoms with Crippen LogP contribution in [0.4, 0.5) is 0 Å². The molecule has 0 aliphatic carbocycles. The second-order valence-corrected chi connectivity index (χ2v) is 5.98. The van der Waals surface area contributed by atoms with E-state index in [2.05, 4.69) is 21.8 Å². The van der Waals surface area contributed by atoms with E-state index >= 15 is 0 Å². The number of hydrogen-bond acceptors (Lipinski definition) is 3. The molecular formula is C17H20Cl2N4O. The number of aromatic nitrogens is 2. The van der Waals surface area contributed by atoms with Crippen molar-refractivity contribution in [3.63, 3.8) is 0 Å². The predicted octanol–water partition coefficient (Wildman–Crippen LogP) is 2.91. The van der Waals surface area contributed by atoms with E-state index in [9.17, 15) is 4.79 Å². The van der Waals surface area contributed by atoms with Crippen LogP contribution < -0.4 is 10.6 Å². The molecule has 0 bridgehead atoms. The van der Waals surface area contributed by atoms with Crippen molar-refractivity contribution < 1.29 is 4.79 Å². The molecule has 0 spiro atoms. The van der Waals surface area contributed by atoms with Crippen molar-refractivity contribution in [3.8, 4) is 5.69 Å². The molecule has 128 valence electrons. The highest BCUT2D eigenvalue weighted by molar-refractivity contribution is 6.30. The van der Waals surface area contributed by atoms with Crippen LogP contribution in [0.2, 0.25) is 5.02 Å². The minimum absolute atomic E-state index is 0. The number of amides is 1. The van der Waals surface area contributed by atoms with Crippen LogP contribution in [-0.4, -0.2) is 35.3 Å². The number of nitrogens with one attached hydrogen (secondary N) is 2. The Morgan fingerprint density at radius 3 is 2.79 bits per heavy atom. The van der Waals surface area contributed by atoms with Gasteiger partial charge in [-0.25, -0.2) is 4.68 Å². The van der Waals surface area contributed by atoms with Gasteiger partial charge in [-0.1, -0.05) is 23.3 Å². The number of halogens is 2. The zero-order valence-electron chi connectivity index (χ0n) is 13.4. The predicted molar refractivity (Wildman–Crippen MR) is 98.5 cm³/mol. The van der Waals surface area contributed by atoms with Crippen LogP contribution in [0.3, 0.4) is 0 Å². The van der Waals surface area contributed by atoms with Gasteiger partial charge in [-0.15, -0.1) is 12.4 Å². The molecule has 2 aromatic rings. The largest absolute Gasteiger partial charge is 0.348 e. The summed E-state index contributed by atoms with van der Waals surface area (Å²) < 4.78 is 1.70. The maximum Gasteiger partial charge on any atom is 0.255 e. The lowest BCUT2D eigenvalue weighted by molar-refractivity contribution is 0.0956. The van der Waals surface area contributed by atoms with E-state index in [0.29, 0.717) is 22.8 Å². The van der Waals surface area contributed by atoms with E-state index in [-0.39, 0.29) is 18.3 Å². The highest BCUT2D eigenvalue weighted by Crippen LogP contribution is 2.15. The maximum atomic E-state index is 12.4. The standard InChI is InChI=1S/C17H19ClN4O.ClH/c1-12-16(17(23)20-10-13-6-8-19-9-7-13)11-22(21-12)15-4-2-14(18)3-5-15;/h2-6,11,19H,7-10H2,1H3,(H,20,23);1H. The van der Waals surface area contributed by atoms with Gasteiger partial charge in [0.25, 0.3) is 5.91 Å². The molecule has 24 heavy (non-hydrogen) atoms. The Kier molecular flexibility index (Phi) is 6.43. The monoisotopic (exact) mass is 366 g/mol. The molecule has 0 saturated heterocycles. The molecule has 0 fully saturated rings. The quantitative estimate of drug-likeness (QED) is 0.817. The normalized spacial score (nSPS) is 13.8. The van der Waals surface area contributed by atoms with Crippen LogP contribution in [0.5, 0.6) is 0 Å². The first-order valence-corrected chi connectivity index (χ1v) is 8.00. The van der Waals surface area contributed by atoms with Crippen molar-refractivity contribution in [3.05, 3.63) is 58.4 Å². The molecule has 1 aromatic heterocycles. The Morgan fingerprint density at radius 2 is 2.12 bits per heavy atom. The topological polar surface area (TPSA) is 59.0 Å². The van der Waals surface area contributed by atoms with Crippen LogP contribution in [-0.2, 0) is 0 Å². The van der Waals surface area contributed by atoms with Gasteiger partial charge in [0.2, 0.25) is 0 Å². The number of rotatable bonds is 4. The van der Waals surface area contributed by atoms with Gasteiger partial charge >= 0.3 is 0 Å². The molecule has 1 aliphatic rings. The average Bonchev–Trinajstić information content (AvgIpc) is 2.96. The van der Waals surface area contributed by atoms with E-state index in [1.165, 1.54) is 5.57 Å². The van der Waals surface area contributed by atoms with Crippen LogP contribution in [0.15, 0.2) is 42.1 Å². The van der Waals surface area contributed by atoms with E-state index in [1.807, 2.05) is 19.1 Å². The fourth-order valence-corrected chi connectivity index (χ4v) is 2.65. The summed E-state index contributed by atoms with van der Waals surface area (Å²) >= 11 is 5.90. The SMILES string of the molecule is Cc1nn(-c2ccc(Cl)cc2)cc1C(=O)NCC1=CCNCC1.Cl. The van der Waals surface area contributed by atoms with Gasteiger partial charge in [-0.3, -0.25) is 4.79 Å². The zero-order valence-corrected chi connectivity index (χ0v) is 15.0.